The van der Waals surface area contributed by atoms with E-state index in [1.807, 2.05) is 31.2 Å². The first-order valence-corrected chi connectivity index (χ1v) is 4.93. The number of hydrogen-bond donors (Lipinski definition) is 1. The Morgan fingerprint density at radius 3 is 2.85 bits per heavy atom. The van der Waals surface area contributed by atoms with Gasteiger partial charge < -0.3 is 5.11 Å². The molecule has 1 aromatic rings. The second-order valence-corrected chi connectivity index (χ2v) is 4.08. The summed E-state index contributed by atoms with van der Waals surface area (Å²) in [7, 11) is 0. The minimum Gasteiger partial charge on any atom is -0.481 e. The van der Waals surface area contributed by atoms with E-state index in [-0.39, 0.29) is 11.2 Å². The highest BCUT2D eigenvalue weighted by molar-refractivity contribution is 9.09. The first kappa shape index (κ1) is 10.3. The lowest BCUT2D eigenvalue weighted by molar-refractivity contribution is -0.136. The molecule has 0 spiro atoms. The van der Waals surface area contributed by atoms with Crippen LogP contribution in [0.4, 0.5) is 0 Å². The number of halogens is 1. The van der Waals surface area contributed by atoms with Crippen molar-refractivity contribution in [3.05, 3.63) is 35.4 Å². The quantitative estimate of drug-likeness (QED) is 0.828. The Hall–Kier alpha value is -0.830. The van der Waals surface area contributed by atoms with Crippen molar-refractivity contribution < 1.29 is 9.90 Å². The largest absolute Gasteiger partial charge is 0.481 e. The Labute approximate surface area is 85.7 Å². The van der Waals surface area contributed by atoms with Crippen molar-refractivity contribution in [2.45, 2.75) is 18.2 Å². The summed E-state index contributed by atoms with van der Waals surface area (Å²) in [6.07, 6.45) is 0.115. The van der Waals surface area contributed by atoms with Crippen LogP contribution in [0.3, 0.4) is 0 Å². The first-order chi connectivity index (χ1) is 6.09. The van der Waals surface area contributed by atoms with Crippen molar-refractivity contribution in [1.29, 1.82) is 0 Å². The second-order valence-electron chi connectivity index (χ2n) is 2.98. The third kappa shape index (κ3) is 3.19. The lowest BCUT2D eigenvalue weighted by atomic mass is 10.1. The van der Waals surface area contributed by atoms with Gasteiger partial charge in [-0.25, -0.2) is 0 Å². The van der Waals surface area contributed by atoms with E-state index >= 15 is 0 Å². The van der Waals surface area contributed by atoms with Crippen LogP contribution in [-0.4, -0.2) is 11.1 Å². The molecule has 0 fully saturated rings. The molecule has 1 rings (SSSR count). The average Bonchev–Trinajstić information content (AvgIpc) is 2.03. The van der Waals surface area contributed by atoms with Crippen molar-refractivity contribution >= 4 is 21.9 Å². The van der Waals surface area contributed by atoms with E-state index in [0.29, 0.717) is 0 Å². The normalized spacial score (nSPS) is 12.5. The molecular formula is C10H11BrO2. The summed E-state index contributed by atoms with van der Waals surface area (Å²) in [5.41, 5.74) is 2.16. The molecule has 1 unspecified atom stereocenters. The van der Waals surface area contributed by atoms with E-state index in [9.17, 15) is 4.79 Å². The molecule has 0 aliphatic heterocycles. The third-order valence-corrected chi connectivity index (χ3v) is 2.61. The van der Waals surface area contributed by atoms with Gasteiger partial charge in [-0.1, -0.05) is 45.8 Å². The van der Waals surface area contributed by atoms with Crippen LogP contribution in [0.2, 0.25) is 0 Å². The monoisotopic (exact) mass is 242 g/mol. The number of benzene rings is 1. The number of alkyl halides is 1. The summed E-state index contributed by atoms with van der Waals surface area (Å²) in [5, 5.41) is 8.58. The van der Waals surface area contributed by atoms with Crippen molar-refractivity contribution in [3.63, 3.8) is 0 Å². The number of aliphatic carboxylic acids is 1. The van der Waals surface area contributed by atoms with Gasteiger partial charge in [0.2, 0.25) is 0 Å². The van der Waals surface area contributed by atoms with Crippen molar-refractivity contribution in [3.8, 4) is 0 Å². The van der Waals surface area contributed by atoms with Crippen LogP contribution < -0.4 is 0 Å². The maximum absolute atomic E-state index is 10.4. The van der Waals surface area contributed by atoms with E-state index in [1.165, 1.54) is 0 Å². The van der Waals surface area contributed by atoms with E-state index in [1.54, 1.807) is 0 Å². The van der Waals surface area contributed by atoms with Crippen LogP contribution in [0.1, 0.15) is 22.4 Å². The molecule has 0 radical (unpaired) electrons. The second kappa shape index (κ2) is 4.42. The Bertz CT molecular complexity index is 310. The van der Waals surface area contributed by atoms with Crippen LogP contribution in [0.15, 0.2) is 24.3 Å². The summed E-state index contributed by atoms with van der Waals surface area (Å²) in [6.45, 7) is 1.99. The Balaban J connectivity index is 2.76. The molecule has 0 bridgehead atoms. The van der Waals surface area contributed by atoms with Crippen LogP contribution >= 0.6 is 15.9 Å². The molecule has 0 saturated carbocycles. The number of carboxylic acids is 1. The molecule has 1 N–H and O–H groups in total. The summed E-state index contributed by atoms with van der Waals surface area (Å²) in [6, 6.07) is 7.84. The molecular weight excluding hydrogens is 232 g/mol. The number of carbonyl (C=O) groups is 1. The Morgan fingerprint density at radius 1 is 1.62 bits per heavy atom. The first-order valence-electron chi connectivity index (χ1n) is 4.02. The SMILES string of the molecule is Cc1cccc(C(Br)CC(=O)O)c1. The van der Waals surface area contributed by atoms with E-state index in [2.05, 4.69) is 15.9 Å². The molecule has 0 heterocycles. The molecule has 0 aliphatic carbocycles. The van der Waals surface area contributed by atoms with Crippen molar-refractivity contribution in [2.75, 3.05) is 0 Å². The van der Waals surface area contributed by atoms with Gasteiger partial charge in [0, 0.05) is 4.83 Å². The smallest absolute Gasteiger partial charge is 0.304 e. The molecule has 2 nitrogen and oxygen atoms in total. The van der Waals surface area contributed by atoms with Crippen molar-refractivity contribution in [2.24, 2.45) is 0 Å². The van der Waals surface area contributed by atoms with Gasteiger partial charge in [-0.15, -0.1) is 0 Å². The highest BCUT2D eigenvalue weighted by Crippen LogP contribution is 2.26. The minimum atomic E-state index is -0.789. The number of rotatable bonds is 3. The zero-order valence-electron chi connectivity index (χ0n) is 7.33. The zero-order valence-corrected chi connectivity index (χ0v) is 8.91. The molecule has 3 heteroatoms. The highest BCUT2D eigenvalue weighted by atomic mass is 79.9. The number of aryl methyl sites for hydroxylation is 1. The molecule has 1 aromatic carbocycles. The maximum Gasteiger partial charge on any atom is 0.304 e. The Morgan fingerprint density at radius 2 is 2.31 bits per heavy atom. The fraction of sp³-hybridized carbons (Fsp3) is 0.300. The molecule has 0 aliphatic rings. The van der Waals surface area contributed by atoms with Gasteiger partial charge in [0.15, 0.2) is 0 Å². The average molecular weight is 243 g/mol. The Kier molecular flexibility index (Phi) is 3.48. The molecule has 13 heavy (non-hydrogen) atoms. The topological polar surface area (TPSA) is 37.3 Å². The summed E-state index contributed by atoms with van der Waals surface area (Å²) in [5.74, 6) is -0.789. The zero-order chi connectivity index (χ0) is 9.84. The summed E-state index contributed by atoms with van der Waals surface area (Å²) in [4.78, 5) is 10.3. The summed E-state index contributed by atoms with van der Waals surface area (Å²) < 4.78 is 0. The van der Waals surface area contributed by atoms with E-state index in [4.69, 9.17) is 5.11 Å². The predicted octanol–water partition coefficient (Wildman–Crippen LogP) is 2.91. The standard InChI is InChI=1S/C10H11BrO2/c1-7-3-2-4-8(5-7)9(11)6-10(12)13/h2-5,9H,6H2,1H3,(H,12,13). The van der Waals surface area contributed by atoms with Crippen molar-refractivity contribution in [1.82, 2.24) is 0 Å². The van der Waals surface area contributed by atoms with Crippen LogP contribution in [0.5, 0.6) is 0 Å². The van der Waals surface area contributed by atoms with Crippen LogP contribution in [0, 0.1) is 6.92 Å². The lowest BCUT2D eigenvalue weighted by Crippen LogP contribution is -2.00. The molecule has 1 atom stereocenters. The summed E-state index contributed by atoms with van der Waals surface area (Å²) >= 11 is 3.34. The van der Waals surface area contributed by atoms with Gasteiger partial charge in [-0.3, -0.25) is 4.79 Å². The van der Waals surface area contributed by atoms with Gasteiger partial charge in [0.25, 0.3) is 0 Å². The molecule has 0 aromatic heterocycles. The fourth-order valence-corrected chi connectivity index (χ4v) is 1.70. The molecule has 70 valence electrons. The molecule has 0 amide bonds. The fourth-order valence-electron chi connectivity index (χ4n) is 1.14. The van der Waals surface area contributed by atoms with Gasteiger partial charge in [0.05, 0.1) is 6.42 Å². The predicted molar refractivity (Wildman–Crippen MR) is 55.1 cm³/mol. The van der Waals surface area contributed by atoms with Gasteiger partial charge >= 0.3 is 5.97 Å². The van der Waals surface area contributed by atoms with Gasteiger partial charge in [-0.05, 0) is 12.5 Å². The van der Waals surface area contributed by atoms with E-state index < -0.39 is 5.97 Å². The van der Waals surface area contributed by atoms with Gasteiger partial charge in [-0.2, -0.15) is 0 Å². The number of hydrogen-bond acceptors (Lipinski definition) is 1. The maximum atomic E-state index is 10.4. The molecule has 0 saturated heterocycles. The highest BCUT2D eigenvalue weighted by Gasteiger charge is 2.11. The minimum absolute atomic E-state index is 0.0927. The number of carboxylic acid groups (broad SMARTS) is 1. The third-order valence-electron chi connectivity index (χ3n) is 1.76. The van der Waals surface area contributed by atoms with Crippen LogP contribution in [-0.2, 0) is 4.79 Å². The van der Waals surface area contributed by atoms with Gasteiger partial charge in [0.1, 0.15) is 0 Å². The lowest BCUT2D eigenvalue weighted by Gasteiger charge is -2.07. The van der Waals surface area contributed by atoms with Crippen LogP contribution in [0.25, 0.3) is 0 Å². The van der Waals surface area contributed by atoms with E-state index in [0.717, 1.165) is 11.1 Å².